The molecule has 1 unspecified atom stereocenters. The van der Waals surface area contributed by atoms with Crippen LogP contribution in [0.25, 0.3) is 0 Å². The molecule has 0 spiro atoms. The van der Waals surface area contributed by atoms with Gasteiger partial charge >= 0.3 is 0 Å². The van der Waals surface area contributed by atoms with E-state index >= 15 is 0 Å². The van der Waals surface area contributed by atoms with Gasteiger partial charge in [-0.05, 0) is 18.6 Å². The Morgan fingerprint density at radius 1 is 1.40 bits per heavy atom. The summed E-state index contributed by atoms with van der Waals surface area (Å²) in [4.78, 5) is 0.179. The monoisotopic (exact) mass is 337 g/mol. The SMILES string of the molecule is CS(=O)(=O)c1cccc(Cl)c1CNC1CCS(=O)(=O)C1. The smallest absolute Gasteiger partial charge is 0.175 e. The lowest BCUT2D eigenvalue weighted by molar-refractivity contribution is 0.548. The van der Waals surface area contributed by atoms with Crippen molar-refractivity contribution in [2.45, 2.75) is 23.9 Å². The van der Waals surface area contributed by atoms with Crippen molar-refractivity contribution in [1.82, 2.24) is 5.32 Å². The van der Waals surface area contributed by atoms with Crippen LogP contribution in [0.2, 0.25) is 5.02 Å². The minimum Gasteiger partial charge on any atom is -0.309 e. The molecule has 0 saturated carbocycles. The van der Waals surface area contributed by atoms with Crippen LogP contribution in [0.3, 0.4) is 0 Å². The first-order valence-electron chi connectivity index (χ1n) is 6.10. The normalized spacial score (nSPS) is 22.0. The molecule has 1 N–H and O–H groups in total. The van der Waals surface area contributed by atoms with Gasteiger partial charge in [0.15, 0.2) is 19.7 Å². The zero-order valence-electron chi connectivity index (χ0n) is 11.0. The van der Waals surface area contributed by atoms with E-state index in [1.165, 1.54) is 6.07 Å². The summed E-state index contributed by atoms with van der Waals surface area (Å²) in [6.07, 6.45) is 1.67. The first-order valence-corrected chi connectivity index (χ1v) is 10.2. The second kappa shape index (κ2) is 5.63. The van der Waals surface area contributed by atoms with Gasteiger partial charge in [-0.2, -0.15) is 0 Å². The van der Waals surface area contributed by atoms with Gasteiger partial charge in [-0.25, -0.2) is 16.8 Å². The fraction of sp³-hybridized carbons (Fsp3) is 0.500. The fourth-order valence-electron chi connectivity index (χ4n) is 2.26. The molecule has 0 radical (unpaired) electrons. The fourth-order valence-corrected chi connectivity index (χ4v) is 5.22. The first kappa shape index (κ1) is 15.8. The summed E-state index contributed by atoms with van der Waals surface area (Å²) in [5.74, 6) is 0.262. The van der Waals surface area contributed by atoms with Crippen molar-refractivity contribution >= 4 is 31.3 Å². The lowest BCUT2D eigenvalue weighted by Gasteiger charge is -2.14. The van der Waals surface area contributed by atoms with Crippen LogP contribution < -0.4 is 5.32 Å². The summed E-state index contributed by atoms with van der Waals surface area (Å²) in [6.45, 7) is 0.238. The van der Waals surface area contributed by atoms with Crippen LogP contribution in [0.4, 0.5) is 0 Å². The average Bonchev–Trinajstić information content (AvgIpc) is 2.66. The predicted octanol–water partition coefficient (Wildman–Crippen LogP) is 1.02. The number of nitrogens with one attached hydrogen (secondary N) is 1. The largest absolute Gasteiger partial charge is 0.309 e. The minimum atomic E-state index is -3.37. The summed E-state index contributed by atoms with van der Waals surface area (Å²) in [6, 6.07) is 4.56. The third-order valence-corrected chi connectivity index (χ3v) is 6.58. The number of hydrogen-bond donors (Lipinski definition) is 1. The molecule has 0 bridgehead atoms. The van der Waals surface area contributed by atoms with E-state index < -0.39 is 19.7 Å². The molecular formula is C12H16ClNO4S2. The third-order valence-electron chi connectivity index (χ3n) is 3.28. The van der Waals surface area contributed by atoms with Gasteiger partial charge < -0.3 is 5.32 Å². The highest BCUT2D eigenvalue weighted by atomic mass is 35.5. The molecule has 20 heavy (non-hydrogen) atoms. The van der Waals surface area contributed by atoms with Gasteiger partial charge in [0.2, 0.25) is 0 Å². The third kappa shape index (κ3) is 3.72. The van der Waals surface area contributed by atoms with Crippen molar-refractivity contribution < 1.29 is 16.8 Å². The Hall–Kier alpha value is -0.630. The van der Waals surface area contributed by atoms with Crippen LogP contribution in [0.15, 0.2) is 23.1 Å². The van der Waals surface area contributed by atoms with E-state index in [0.29, 0.717) is 17.0 Å². The number of benzene rings is 1. The Morgan fingerprint density at radius 3 is 2.65 bits per heavy atom. The molecule has 1 fully saturated rings. The Bertz CT molecular complexity index is 713. The van der Waals surface area contributed by atoms with E-state index in [-0.39, 0.29) is 29.0 Å². The lowest BCUT2D eigenvalue weighted by atomic mass is 10.2. The van der Waals surface area contributed by atoms with E-state index in [0.717, 1.165) is 6.26 Å². The minimum absolute atomic E-state index is 0.0889. The van der Waals surface area contributed by atoms with Gasteiger partial charge in [-0.15, -0.1) is 0 Å². The van der Waals surface area contributed by atoms with Crippen LogP contribution in [-0.4, -0.2) is 40.6 Å². The van der Waals surface area contributed by atoms with E-state index in [4.69, 9.17) is 11.6 Å². The van der Waals surface area contributed by atoms with Crippen molar-refractivity contribution in [2.75, 3.05) is 17.8 Å². The molecule has 1 heterocycles. The molecule has 2 rings (SSSR count). The Balaban J connectivity index is 2.18. The van der Waals surface area contributed by atoms with E-state index in [1.54, 1.807) is 12.1 Å². The van der Waals surface area contributed by atoms with Crippen LogP contribution in [-0.2, 0) is 26.2 Å². The molecule has 1 aliphatic heterocycles. The van der Waals surface area contributed by atoms with Gasteiger partial charge in [0.1, 0.15) is 0 Å². The van der Waals surface area contributed by atoms with Gasteiger partial charge in [-0.1, -0.05) is 17.7 Å². The summed E-state index contributed by atoms with van der Waals surface area (Å²) in [5, 5.41) is 3.44. The van der Waals surface area contributed by atoms with Crippen molar-refractivity contribution in [3.63, 3.8) is 0 Å². The maximum Gasteiger partial charge on any atom is 0.175 e. The molecule has 112 valence electrons. The maximum absolute atomic E-state index is 11.7. The van der Waals surface area contributed by atoms with Gasteiger partial charge in [-0.3, -0.25) is 0 Å². The topological polar surface area (TPSA) is 80.3 Å². The van der Waals surface area contributed by atoms with E-state index in [2.05, 4.69) is 5.32 Å². The predicted molar refractivity (Wildman–Crippen MR) is 78.5 cm³/mol. The Labute approximate surface area is 124 Å². The molecule has 5 nitrogen and oxygen atoms in total. The van der Waals surface area contributed by atoms with Crippen molar-refractivity contribution in [2.24, 2.45) is 0 Å². The molecule has 0 amide bonds. The molecule has 1 saturated heterocycles. The van der Waals surface area contributed by atoms with E-state index in [9.17, 15) is 16.8 Å². The summed E-state index contributed by atoms with van der Waals surface area (Å²) in [5.41, 5.74) is 0.487. The Morgan fingerprint density at radius 2 is 2.10 bits per heavy atom. The van der Waals surface area contributed by atoms with Crippen molar-refractivity contribution in [3.8, 4) is 0 Å². The van der Waals surface area contributed by atoms with Gasteiger partial charge in [0.05, 0.1) is 16.4 Å². The second-order valence-corrected chi connectivity index (χ2v) is 9.59. The first-order chi connectivity index (χ1) is 9.19. The van der Waals surface area contributed by atoms with Crippen molar-refractivity contribution in [3.05, 3.63) is 28.8 Å². The van der Waals surface area contributed by atoms with Gasteiger partial charge in [0, 0.05) is 29.4 Å². The highest BCUT2D eigenvalue weighted by Crippen LogP contribution is 2.24. The molecule has 0 aromatic heterocycles. The highest BCUT2D eigenvalue weighted by Gasteiger charge is 2.28. The van der Waals surface area contributed by atoms with Crippen molar-refractivity contribution in [1.29, 1.82) is 0 Å². The summed E-state index contributed by atoms with van der Waals surface area (Å²) < 4.78 is 46.2. The molecular weight excluding hydrogens is 322 g/mol. The molecule has 0 aliphatic carbocycles. The number of rotatable bonds is 4. The lowest BCUT2D eigenvalue weighted by Crippen LogP contribution is -2.30. The summed E-state index contributed by atoms with van der Waals surface area (Å²) >= 11 is 6.05. The van der Waals surface area contributed by atoms with Crippen LogP contribution >= 0.6 is 11.6 Å². The number of sulfone groups is 2. The molecule has 8 heteroatoms. The summed E-state index contributed by atoms with van der Waals surface area (Å²) in [7, 11) is -6.33. The molecule has 1 atom stereocenters. The van der Waals surface area contributed by atoms with Gasteiger partial charge in [0.25, 0.3) is 0 Å². The quantitative estimate of drug-likeness (QED) is 0.887. The highest BCUT2D eigenvalue weighted by molar-refractivity contribution is 7.91. The second-order valence-electron chi connectivity index (χ2n) is 4.97. The van der Waals surface area contributed by atoms with Crippen LogP contribution in [0, 0.1) is 0 Å². The van der Waals surface area contributed by atoms with Crippen LogP contribution in [0.5, 0.6) is 0 Å². The maximum atomic E-state index is 11.7. The van der Waals surface area contributed by atoms with E-state index in [1.807, 2.05) is 0 Å². The Kier molecular flexibility index (Phi) is 4.44. The van der Waals surface area contributed by atoms with Crippen LogP contribution in [0.1, 0.15) is 12.0 Å². The molecule has 1 aromatic carbocycles. The zero-order chi connectivity index (χ0) is 15.0. The average molecular weight is 338 g/mol. The zero-order valence-corrected chi connectivity index (χ0v) is 13.4. The molecule has 1 aliphatic rings. The molecule has 1 aromatic rings. The number of halogens is 1. The number of hydrogen-bond acceptors (Lipinski definition) is 5. The standard InChI is InChI=1S/C12H16ClNO4S2/c1-19(15,16)12-4-2-3-11(13)10(12)7-14-9-5-6-20(17,18)8-9/h2-4,9,14H,5-8H2,1H3.